The fourth-order valence-corrected chi connectivity index (χ4v) is 3.90. The van der Waals surface area contributed by atoms with Gasteiger partial charge in [-0.15, -0.1) is 0 Å². The summed E-state index contributed by atoms with van der Waals surface area (Å²) in [6, 6.07) is 8.03. The van der Waals surface area contributed by atoms with E-state index >= 15 is 0 Å². The second-order valence-electron chi connectivity index (χ2n) is 6.02. The van der Waals surface area contributed by atoms with Crippen LogP contribution in [0.25, 0.3) is 10.9 Å². The Hall–Kier alpha value is -2.01. The quantitative estimate of drug-likeness (QED) is 0.783. The summed E-state index contributed by atoms with van der Waals surface area (Å²) in [5.41, 5.74) is 3.35. The zero-order chi connectivity index (χ0) is 16.6. The lowest BCUT2D eigenvalue weighted by Crippen LogP contribution is -2.24. The highest BCUT2D eigenvalue weighted by Gasteiger charge is 2.38. The molecule has 0 bridgehead atoms. The van der Waals surface area contributed by atoms with Crippen molar-refractivity contribution in [3.63, 3.8) is 0 Å². The number of likely N-dealkylation sites (N-methyl/N-ethyl adjacent to an activating group) is 1. The third-order valence-electron chi connectivity index (χ3n) is 4.10. The molecule has 0 saturated carbocycles. The molecule has 0 radical (unpaired) electrons. The average molecular weight is 328 g/mol. The molecule has 1 aromatic heterocycles. The molecule has 0 N–H and O–H groups in total. The van der Waals surface area contributed by atoms with Gasteiger partial charge in [0.25, 0.3) is 5.24 Å². The van der Waals surface area contributed by atoms with E-state index in [-0.39, 0.29) is 11.1 Å². The third kappa shape index (κ3) is 2.93. The van der Waals surface area contributed by atoms with E-state index in [1.807, 2.05) is 18.2 Å². The number of carbonyl (C=O) groups is 2. The van der Waals surface area contributed by atoms with Crippen LogP contribution in [0.2, 0.25) is 0 Å². The zero-order valence-electron chi connectivity index (χ0n) is 13.6. The van der Waals surface area contributed by atoms with Crippen molar-refractivity contribution in [2.45, 2.75) is 32.1 Å². The summed E-state index contributed by atoms with van der Waals surface area (Å²) in [5.74, 6) is -0.134. The molecule has 2 amide bonds. The van der Waals surface area contributed by atoms with E-state index in [1.165, 1.54) is 10.5 Å². The Morgan fingerprint density at radius 3 is 2.70 bits per heavy atom. The smallest absolute Gasteiger partial charge is 0.289 e. The van der Waals surface area contributed by atoms with Crippen molar-refractivity contribution in [2.24, 2.45) is 0 Å². The molecule has 5 heteroatoms. The predicted octanol–water partition coefficient (Wildman–Crippen LogP) is 4.36. The van der Waals surface area contributed by atoms with E-state index in [9.17, 15) is 9.59 Å². The minimum absolute atomic E-state index is 0.134. The molecule has 1 unspecified atom stereocenters. The van der Waals surface area contributed by atoms with E-state index < -0.39 is 5.25 Å². The highest BCUT2D eigenvalue weighted by molar-refractivity contribution is 8.15. The van der Waals surface area contributed by atoms with E-state index in [2.05, 4.69) is 36.8 Å². The number of carbonyl (C=O) groups excluding carboxylic acids is 2. The first-order chi connectivity index (χ1) is 11.0. The lowest BCUT2D eigenvalue weighted by atomic mass is 10.1. The molecule has 23 heavy (non-hydrogen) atoms. The summed E-state index contributed by atoms with van der Waals surface area (Å²) in [7, 11) is 1.54. The van der Waals surface area contributed by atoms with Gasteiger partial charge >= 0.3 is 0 Å². The number of aryl methyl sites for hydroxylation is 1. The van der Waals surface area contributed by atoms with E-state index in [0.717, 1.165) is 41.2 Å². The number of allylic oxidation sites excluding steroid dienone is 2. The topological polar surface area (TPSA) is 42.3 Å². The first kappa shape index (κ1) is 15.9. The van der Waals surface area contributed by atoms with Gasteiger partial charge in [0.05, 0.1) is 0 Å². The number of hydrogen-bond acceptors (Lipinski definition) is 3. The average Bonchev–Trinajstić information content (AvgIpc) is 3.04. The number of nitrogens with zero attached hydrogens (tertiary/aromatic N) is 2. The van der Waals surface area contributed by atoms with Crippen LogP contribution in [-0.4, -0.2) is 27.7 Å². The highest BCUT2D eigenvalue weighted by Crippen LogP contribution is 2.41. The molecule has 1 aliphatic rings. The lowest BCUT2D eigenvalue weighted by molar-refractivity contribution is -0.125. The molecule has 2 aromatic rings. The summed E-state index contributed by atoms with van der Waals surface area (Å²) >= 11 is 1.10. The maximum Gasteiger partial charge on any atom is 0.289 e. The largest absolute Gasteiger partial charge is 0.347 e. The first-order valence-corrected chi connectivity index (χ1v) is 8.56. The monoisotopic (exact) mass is 328 g/mol. The fraction of sp³-hybridized carbons (Fsp3) is 0.333. The maximum absolute atomic E-state index is 12.3. The standard InChI is InChI=1S/C18H20N2O2S/c1-12(2)6-5-10-20-11-9-13-14(7-4-8-15(13)20)16-17(21)19(3)18(22)23-16/h4,6-9,11,16H,5,10H2,1-3H3. The van der Waals surface area contributed by atoms with Crippen LogP contribution in [0.3, 0.4) is 0 Å². The van der Waals surface area contributed by atoms with Crippen molar-refractivity contribution in [3.05, 3.63) is 47.7 Å². The van der Waals surface area contributed by atoms with Crippen LogP contribution in [0.1, 0.15) is 31.1 Å². The molecule has 1 saturated heterocycles. The number of fused-ring (bicyclic) bond motifs is 1. The maximum atomic E-state index is 12.3. The lowest BCUT2D eigenvalue weighted by Gasteiger charge is -2.10. The van der Waals surface area contributed by atoms with Gasteiger partial charge in [-0.05, 0) is 49.7 Å². The van der Waals surface area contributed by atoms with Crippen LogP contribution in [0, 0.1) is 0 Å². The van der Waals surface area contributed by atoms with Gasteiger partial charge in [-0.1, -0.05) is 23.8 Å². The molecule has 4 nitrogen and oxygen atoms in total. The predicted molar refractivity (Wildman–Crippen MR) is 94.5 cm³/mol. The molecule has 1 aliphatic heterocycles. The van der Waals surface area contributed by atoms with Crippen LogP contribution in [0.5, 0.6) is 0 Å². The molecule has 1 aromatic carbocycles. The summed E-state index contributed by atoms with van der Waals surface area (Å²) in [6.07, 6.45) is 5.26. The number of thioether (sulfide) groups is 1. The third-order valence-corrected chi connectivity index (χ3v) is 5.27. The fourth-order valence-electron chi connectivity index (χ4n) is 2.86. The Kier molecular flexibility index (Phi) is 4.31. The van der Waals surface area contributed by atoms with Gasteiger partial charge in [0.2, 0.25) is 5.91 Å². The molecule has 1 atom stereocenters. The minimum Gasteiger partial charge on any atom is -0.347 e. The minimum atomic E-state index is -0.426. The summed E-state index contributed by atoms with van der Waals surface area (Å²) < 4.78 is 2.20. The van der Waals surface area contributed by atoms with Crippen molar-refractivity contribution >= 4 is 33.8 Å². The van der Waals surface area contributed by atoms with Gasteiger partial charge in [-0.2, -0.15) is 0 Å². The molecular formula is C18H20N2O2S. The number of amides is 2. The van der Waals surface area contributed by atoms with Crippen molar-refractivity contribution in [3.8, 4) is 0 Å². The van der Waals surface area contributed by atoms with Gasteiger partial charge in [-0.25, -0.2) is 0 Å². The SMILES string of the molecule is CC(C)=CCCn1ccc2c(C3SC(=O)N(C)C3=O)cccc21. The van der Waals surface area contributed by atoms with E-state index in [1.54, 1.807) is 7.05 Å². The molecule has 0 spiro atoms. The van der Waals surface area contributed by atoms with Crippen molar-refractivity contribution in [2.75, 3.05) is 7.05 Å². The Morgan fingerprint density at radius 1 is 1.26 bits per heavy atom. The normalized spacial score (nSPS) is 18.0. The number of benzene rings is 1. The Balaban J connectivity index is 1.95. The van der Waals surface area contributed by atoms with E-state index in [4.69, 9.17) is 0 Å². The van der Waals surface area contributed by atoms with Crippen LogP contribution in [0.4, 0.5) is 4.79 Å². The van der Waals surface area contributed by atoms with Gasteiger partial charge in [-0.3, -0.25) is 14.5 Å². The Bertz CT molecular complexity index is 802. The summed E-state index contributed by atoms with van der Waals surface area (Å²) in [6.45, 7) is 5.10. The zero-order valence-corrected chi connectivity index (χ0v) is 14.4. The molecular weight excluding hydrogens is 308 g/mol. The van der Waals surface area contributed by atoms with Crippen molar-refractivity contribution in [1.29, 1.82) is 0 Å². The molecule has 1 fully saturated rings. The second-order valence-corrected chi connectivity index (χ2v) is 7.08. The van der Waals surface area contributed by atoms with Crippen LogP contribution in [0.15, 0.2) is 42.1 Å². The molecule has 2 heterocycles. The second kappa shape index (κ2) is 6.24. The molecule has 0 aliphatic carbocycles. The van der Waals surface area contributed by atoms with Crippen LogP contribution in [-0.2, 0) is 11.3 Å². The number of hydrogen-bond donors (Lipinski definition) is 0. The van der Waals surface area contributed by atoms with Crippen LogP contribution >= 0.6 is 11.8 Å². The highest BCUT2D eigenvalue weighted by atomic mass is 32.2. The molecule has 120 valence electrons. The first-order valence-electron chi connectivity index (χ1n) is 7.68. The van der Waals surface area contributed by atoms with Gasteiger partial charge in [0.15, 0.2) is 0 Å². The van der Waals surface area contributed by atoms with Crippen molar-refractivity contribution < 1.29 is 9.59 Å². The number of aromatic nitrogens is 1. The number of imide groups is 1. The molecule has 3 rings (SSSR count). The van der Waals surface area contributed by atoms with Crippen molar-refractivity contribution in [1.82, 2.24) is 9.47 Å². The Morgan fingerprint density at radius 2 is 2.04 bits per heavy atom. The van der Waals surface area contributed by atoms with Gasteiger partial charge in [0.1, 0.15) is 5.25 Å². The van der Waals surface area contributed by atoms with Crippen LogP contribution < -0.4 is 0 Å². The summed E-state index contributed by atoms with van der Waals surface area (Å²) in [4.78, 5) is 25.3. The van der Waals surface area contributed by atoms with E-state index in [0.29, 0.717) is 0 Å². The Labute approximate surface area is 140 Å². The van der Waals surface area contributed by atoms with Gasteiger partial charge in [0, 0.05) is 30.7 Å². The number of rotatable bonds is 4. The van der Waals surface area contributed by atoms with Gasteiger partial charge < -0.3 is 4.57 Å². The summed E-state index contributed by atoms with van der Waals surface area (Å²) in [5, 5.41) is 0.448.